The number of hydrogen-bond donors (Lipinski definition) is 1. The molecule has 0 saturated heterocycles. The van der Waals surface area contributed by atoms with E-state index in [4.69, 9.17) is 11.6 Å². The second-order valence-electron chi connectivity index (χ2n) is 6.78. The van der Waals surface area contributed by atoms with Crippen molar-refractivity contribution < 1.29 is 22.9 Å². The molecule has 0 radical (unpaired) electrons. The van der Waals surface area contributed by atoms with Gasteiger partial charge in [-0.3, -0.25) is 19.7 Å². The Balaban J connectivity index is 2.04. The number of benzene rings is 2. The lowest BCUT2D eigenvalue weighted by Gasteiger charge is -2.18. The van der Waals surface area contributed by atoms with Gasteiger partial charge in [-0.15, -0.1) is 0 Å². The maximum atomic E-state index is 12.4. The van der Waals surface area contributed by atoms with Crippen molar-refractivity contribution in [3.63, 3.8) is 0 Å². The largest absolute Gasteiger partial charge is 0.343 e. The van der Waals surface area contributed by atoms with Crippen molar-refractivity contribution in [2.45, 2.75) is 11.4 Å². The average Bonchev–Trinajstić information content (AvgIpc) is 2.72. The predicted octanol–water partition coefficient (Wildman–Crippen LogP) is 1.89. The summed E-state index contributed by atoms with van der Waals surface area (Å²) in [6.45, 7) is -0.349. The van der Waals surface area contributed by atoms with Gasteiger partial charge in [0, 0.05) is 50.4 Å². The molecule has 0 aromatic heterocycles. The molecule has 0 bridgehead atoms. The van der Waals surface area contributed by atoms with E-state index < -0.39 is 26.8 Å². The Labute approximate surface area is 184 Å². The maximum Gasteiger partial charge on any atom is 0.269 e. The first kappa shape index (κ1) is 24.3. The van der Waals surface area contributed by atoms with Gasteiger partial charge in [-0.25, -0.2) is 12.7 Å². The Kier molecular flexibility index (Phi) is 7.71. The molecule has 2 aromatic carbocycles. The van der Waals surface area contributed by atoms with Gasteiger partial charge in [0.1, 0.15) is 0 Å². The van der Waals surface area contributed by atoms with Crippen molar-refractivity contribution in [1.82, 2.24) is 14.5 Å². The summed E-state index contributed by atoms with van der Waals surface area (Å²) in [5, 5.41) is 13.6. The molecule has 0 atom stereocenters. The molecule has 166 valence electrons. The molecule has 10 nitrogen and oxygen atoms in total. The van der Waals surface area contributed by atoms with Gasteiger partial charge < -0.3 is 10.2 Å². The molecule has 0 fully saturated rings. The Morgan fingerprint density at radius 3 is 2.42 bits per heavy atom. The molecule has 0 saturated carbocycles. The molecule has 2 rings (SSSR count). The van der Waals surface area contributed by atoms with Crippen LogP contribution in [0, 0.1) is 10.1 Å². The zero-order chi connectivity index (χ0) is 23.3. The van der Waals surface area contributed by atoms with Crippen molar-refractivity contribution in [3.8, 4) is 0 Å². The minimum absolute atomic E-state index is 0.00573. The number of hydrogen-bond acceptors (Lipinski definition) is 6. The second-order valence-corrected chi connectivity index (χ2v) is 9.34. The van der Waals surface area contributed by atoms with Gasteiger partial charge in [0.2, 0.25) is 15.9 Å². The third-order valence-electron chi connectivity index (χ3n) is 4.35. The third-order valence-corrected chi connectivity index (χ3v) is 6.53. The zero-order valence-corrected chi connectivity index (χ0v) is 18.6. The lowest BCUT2D eigenvalue weighted by molar-refractivity contribution is -0.384. The maximum absolute atomic E-state index is 12.4. The van der Waals surface area contributed by atoms with Crippen LogP contribution in [-0.4, -0.2) is 62.0 Å². The molecule has 1 N–H and O–H groups in total. The molecule has 0 aliphatic carbocycles. The van der Waals surface area contributed by atoms with E-state index in [0.717, 1.165) is 4.31 Å². The van der Waals surface area contributed by atoms with E-state index >= 15 is 0 Å². The minimum atomic E-state index is -3.71. The minimum Gasteiger partial charge on any atom is -0.343 e. The summed E-state index contributed by atoms with van der Waals surface area (Å²) in [5.41, 5.74) is 0.320. The number of carbonyl (C=O) groups excluding carboxylic acids is 2. The summed E-state index contributed by atoms with van der Waals surface area (Å²) in [6.07, 6.45) is 0. The fraction of sp³-hybridized carbons (Fsp3) is 0.263. The van der Waals surface area contributed by atoms with Crippen molar-refractivity contribution in [1.29, 1.82) is 0 Å². The summed E-state index contributed by atoms with van der Waals surface area (Å²) in [4.78, 5) is 36.3. The van der Waals surface area contributed by atoms with Crippen molar-refractivity contribution in [2.24, 2.45) is 0 Å². The molecule has 0 spiro atoms. The number of sulfonamides is 1. The predicted molar refractivity (Wildman–Crippen MR) is 114 cm³/mol. The van der Waals surface area contributed by atoms with Crippen LogP contribution < -0.4 is 5.32 Å². The van der Waals surface area contributed by atoms with Crippen LogP contribution in [0.15, 0.2) is 47.4 Å². The monoisotopic (exact) mass is 468 g/mol. The number of halogens is 1. The zero-order valence-electron chi connectivity index (χ0n) is 17.0. The first-order valence-electron chi connectivity index (χ1n) is 8.91. The number of nitrogens with zero attached hydrogens (tertiary/aromatic N) is 3. The van der Waals surface area contributed by atoms with Crippen LogP contribution in [0.3, 0.4) is 0 Å². The van der Waals surface area contributed by atoms with Gasteiger partial charge in [-0.1, -0.05) is 17.7 Å². The van der Waals surface area contributed by atoms with E-state index in [1.807, 2.05) is 0 Å². The highest BCUT2D eigenvalue weighted by Gasteiger charge is 2.20. The Bertz CT molecular complexity index is 1120. The molecule has 0 heterocycles. The molecule has 0 aliphatic heterocycles. The number of likely N-dealkylation sites (N-methyl/N-ethyl adjacent to an activating group) is 1. The summed E-state index contributed by atoms with van der Waals surface area (Å²) >= 11 is 6.05. The van der Waals surface area contributed by atoms with Crippen molar-refractivity contribution in [2.75, 3.05) is 27.7 Å². The highest BCUT2D eigenvalue weighted by atomic mass is 35.5. The average molecular weight is 469 g/mol. The summed E-state index contributed by atoms with van der Waals surface area (Å²) < 4.78 is 25.4. The SMILES string of the molecule is CN(Cc1cc([N+](=O)[O-])ccc1Cl)C(=O)CNC(=O)c1cccc(S(=O)(=O)N(C)C)c1. The number of amides is 2. The first-order chi connectivity index (χ1) is 14.4. The van der Waals surface area contributed by atoms with Gasteiger partial charge >= 0.3 is 0 Å². The van der Waals surface area contributed by atoms with Gasteiger partial charge in [-0.2, -0.15) is 0 Å². The van der Waals surface area contributed by atoms with E-state index in [0.29, 0.717) is 5.56 Å². The number of nitro benzene ring substituents is 1. The van der Waals surface area contributed by atoms with Gasteiger partial charge in [-0.05, 0) is 29.8 Å². The van der Waals surface area contributed by atoms with Crippen LogP contribution in [0.1, 0.15) is 15.9 Å². The van der Waals surface area contributed by atoms with Crippen LogP contribution in [-0.2, 0) is 21.4 Å². The quantitative estimate of drug-likeness (QED) is 0.465. The van der Waals surface area contributed by atoms with E-state index in [-0.39, 0.29) is 34.3 Å². The molecular weight excluding hydrogens is 448 g/mol. The highest BCUT2D eigenvalue weighted by Crippen LogP contribution is 2.23. The molecule has 31 heavy (non-hydrogen) atoms. The smallest absolute Gasteiger partial charge is 0.269 e. The van der Waals surface area contributed by atoms with Crippen LogP contribution in [0.25, 0.3) is 0 Å². The van der Waals surface area contributed by atoms with E-state index in [2.05, 4.69) is 5.32 Å². The van der Waals surface area contributed by atoms with E-state index in [1.165, 1.54) is 68.5 Å². The van der Waals surface area contributed by atoms with Crippen LogP contribution >= 0.6 is 11.6 Å². The first-order valence-corrected chi connectivity index (χ1v) is 10.7. The molecule has 0 unspecified atom stereocenters. The Morgan fingerprint density at radius 2 is 1.81 bits per heavy atom. The number of carbonyl (C=O) groups is 2. The lowest BCUT2D eigenvalue weighted by atomic mass is 10.2. The molecule has 2 amide bonds. The van der Waals surface area contributed by atoms with E-state index in [1.54, 1.807) is 0 Å². The van der Waals surface area contributed by atoms with Crippen LogP contribution in [0.5, 0.6) is 0 Å². The summed E-state index contributed by atoms with van der Waals surface area (Å²) in [7, 11) is 0.516. The Morgan fingerprint density at radius 1 is 1.13 bits per heavy atom. The summed E-state index contributed by atoms with van der Waals surface area (Å²) in [5.74, 6) is -1.08. The second kappa shape index (κ2) is 9.86. The van der Waals surface area contributed by atoms with Gasteiger partial charge in [0.25, 0.3) is 11.6 Å². The standard InChI is InChI=1S/C19H21ClN4O6S/c1-22(2)31(29,30)16-6-4-5-13(10-16)19(26)21-11-18(25)23(3)12-14-9-15(24(27)28)7-8-17(14)20/h4-10H,11-12H2,1-3H3,(H,21,26). The molecular formula is C19H21ClN4O6S. The van der Waals surface area contributed by atoms with Crippen LogP contribution in [0.2, 0.25) is 5.02 Å². The number of nitrogens with one attached hydrogen (secondary N) is 1. The van der Waals surface area contributed by atoms with Gasteiger partial charge in [0.15, 0.2) is 0 Å². The highest BCUT2D eigenvalue weighted by molar-refractivity contribution is 7.89. The number of nitro groups is 1. The fourth-order valence-corrected chi connectivity index (χ4v) is 3.67. The van der Waals surface area contributed by atoms with E-state index in [9.17, 15) is 28.1 Å². The van der Waals surface area contributed by atoms with Gasteiger partial charge in [0.05, 0.1) is 16.4 Å². The number of non-ortho nitro benzene ring substituents is 1. The normalized spacial score (nSPS) is 11.3. The fourth-order valence-electron chi connectivity index (χ4n) is 2.54. The summed E-state index contributed by atoms with van der Waals surface area (Å²) in [6, 6.07) is 9.38. The molecule has 12 heteroatoms. The molecule has 0 aliphatic rings. The Hall–Kier alpha value is -3.02. The third kappa shape index (κ3) is 6.00. The van der Waals surface area contributed by atoms with Crippen molar-refractivity contribution >= 4 is 39.1 Å². The van der Waals surface area contributed by atoms with Crippen LogP contribution in [0.4, 0.5) is 5.69 Å². The topological polar surface area (TPSA) is 130 Å². The molecule has 2 aromatic rings. The van der Waals surface area contributed by atoms with Crippen molar-refractivity contribution in [3.05, 3.63) is 68.7 Å². The lowest BCUT2D eigenvalue weighted by Crippen LogP contribution is -2.38. The number of rotatable bonds is 8.